The van der Waals surface area contributed by atoms with Gasteiger partial charge in [-0.25, -0.2) is 12.8 Å². The predicted octanol–water partition coefficient (Wildman–Crippen LogP) is 3.48. The fourth-order valence-corrected chi connectivity index (χ4v) is 4.72. The molecule has 0 unspecified atom stereocenters. The van der Waals surface area contributed by atoms with E-state index in [9.17, 15) is 17.6 Å². The summed E-state index contributed by atoms with van der Waals surface area (Å²) in [5.41, 5.74) is 4.20. The van der Waals surface area contributed by atoms with Gasteiger partial charge in [0, 0.05) is 24.4 Å². The van der Waals surface area contributed by atoms with Crippen LogP contribution in [0.5, 0.6) is 0 Å². The molecule has 1 aromatic heterocycles. The monoisotopic (exact) mass is 417 g/mol. The van der Waals surface area contributed by atoms with Gasteiger partial charge in [0.1, 0.15) is 5.82 Å². The molecule has 0 aliphatic heterocycles. The molecular formula is C21H24FN3O3S. The van der Waals surface area contributed by atoms with Crippen molar-refractivity contribution >= 4 is 21.2 Å². The first-order valence-corrected chi connectivity index (χ1v) is 11.2. The van der Waals surface area contributed by atoms with E-state index in [4.69, 9.17) is 0 Å². The van der Waals surface area contributed by atoms with Gasteiger partial charge in [0.05, 0.1) is 22.4 Å². The molecule has 1 aliphatic rings. The van der Waals surface area contributed by atoms with Crippen molar-refractivity contribution in [3.63, 3.8) is 0 Å². The summed E-state index contributed by atoms with van der Waals surface area (Å²) < 4.78 is 40.4. The van der Waals surface area contributed by atoms with Crippen LogP contribution >= 0.6 is 0 Å². The highest BCUT2D eigenvalue weighted by Gasteiger charge is 2.35. The van der Waals surface area contributed by atoms with E-state index in [1.54, 1.807) is 22.9 Å². The Morgan fingerprint density at radius 1 is 1.34 bits per heavy atom. The number of aromatic nitrogens is 1. The number of sulfone groups is 1. The van der Waals surface area contributed by atoms with Crippen LogP contribution in [0.25, 0.3) is 0 Å². The minimum absolute atomic E-state index is 0.104. The van der Waals surface area contributed by atoms with Gasteiger partial charge in [-0.15, -0.1) is 0 Å². The zero-order valence-electron chi connectivity index (χ0n) is 16.3. The van der Waals surface area contributed by atoms with Crippen molar-refractivity contribution in [1.29, 1.82) is 0 Å². The van der Waals surface area contributed by atoms with Crippen molar-refractivity contribution in [2.75, 3.05) is 5.43 Å². The summed E-state index contributed by atoms with van der Waals surface area (Å²) in [6, 6.07) is 7.37. The zero-order chi connectivity index (χ0) is 21.0. The number of hydrogen-bond donors (Lipinski definition) is 1. The van der Waals surface area contributed by atoms with E-state index in [0.717, 1.165) is 6.42 Å². The van der Waals surface area contributed by atoms with Crippen LogP contribution in [0.2, 0.25) is 0 Å². The van der Waals surface area contributed by atoms with E-state index in [2.05, 4.69) is 17.1 Å². The van der Waals surface area contributed by atoms with Crippen LogP contribution in [0.15, 0.2) is 59.1 Å². The van der Waals surface area contributed by atoms with Crippen LogP contribution in [0.1, 0.15) is 37.3 Å². The molecule has 0 radical (unpaired) electrons. The molecule has 154 valence electrons. The third-order valence-electron chi connectivity index (χ3n) is 4.66. The Kier molecular flexibility index (Phi) is 6.32. The predicted molar refractivity (Wildman–Crippen MR) is 113 cm³/mol. The summed E-state index contributed by atoms with van der Waals surface area (Å²) in [7, 11) is -3.21. The Balaban J connectivity index is 1.79. The summed E-state index contributed by atoms with van der Waals surface area (Å²) in [5, 5.41) is 3.91. The van der Waals surface area contributed by atoms with Gasteiger partial charge in [0.25, 0.3) is 5.56 Å². The van der Waals surface area contributed by atoms with E-state index >= 15 is 0 Å². The lowest BCUT2D eigenvalue weighted by molar-refractivity contribution is 0.593. The van der Waals surface area contributed by atoms with E-state index in [1.807, 2.05) is 6.92 Å². The van der Waals surface area contributed by atoms with Crippen LogP contribution < -0.4 is 11.0 Å². The summed E-state index contributed by atoms with van der Waals surface area (Å²) in [4.78, 5) is 11.8. The Labute approximate surface area is 169 Å². The maximum atomic E-state index is 14.6. The van der Waals surface area contributed by atoms with E-state index in [1.165, 1.54) is 24.3 Å². The van der Waals surface area contributed by atoms with E-state index in [0.29, 0.717) is 30.6 Å². The SMILES string of the molecule is C=C/C(=N\Nc1ccc(=O)n(CCC)c1)c1ccc(CS(=O)(=O)C2CC2)cc1F. The Morgan fingerprint density at radius 2 is 2.10 bits per heavy atom. The van der Waals surface area contributed by atoms with Gasteiger partial charge in [-0.05, 0) is 49.1 Å². The molecule has 6 nitrogen and oxygen atoms in total. The topological polar surface area (TPSA) is 80.5 Å². The van der Waals surface area contributed by atoms with Crippen molar-refractivity contribution < 1.29 is 12.8 Å². The molecule has 0 spiro atoms. The van der Waals surface area contributed by atoms with Gasteiger partial charge in [-0.2, -0.15) is 5.10 Å². The number of nitrogens with one attached hydrogen (secondary N) is 1. The number of benzene rings is 1. The van der Waals surface area contributed by atoms with Crippen molar-refractivity contribution in [3.8, 4) is 0 Å². The molecule has 29 heavy (non-hydrogen) atoms. The number of allylic oxidation sites excluding steroid dienone is 1. The standard InChI is InChI=1S/C21H24FN3O3S/c1-3-11-25-13-16(6-10-21(25)26)23-24-20(4-2)18-9-5-15(12-19(18)22)14-29(27,28)17-7-8-17/h4-6,9-10,12-13,17,23H,2-3,7-8,11,14H2,1H3/b24-20+. The second-order valence-electron chi connectivity index (χ2n) is 7.08. The van der Waals surface area contributed by atoms with Gasteiger partial charge in [0.2, 0.25) is 0 Å². The highest BCUT2D eigenvalue weighted by molar-refractivity contribution is 7.91. The van der Waals surface area contributed by atoms with Gasteiger partial charge in [-0.3, -0.25) is 10.2 Å². The molecule has 1 saturated carbocycles. The number of anilines is 1. The molecule has 0 bridgehead atoms. The van der Waals surface area contributed by atoms with Crippen LogP contribution in [-0.2, 0) is 22.1 Å². The lowest BCUT2D eigenvalue weighted by Crippen LogP contribution is -2.18. The number of pyridine rings is 1. The lowest BCUT2D eigenvalue weighted by atomic mass is 10.1. The Morgan fingerprint density at radius 3 is 2.72 bits per heavy atom. The summed E-state index contributed by atoms with van der Waals surface area (Å²) >= 11 is 0. The average molecular weight is 418 g/mol. The van der Waals surface area contributed by atoms with Crippen molar-refractivity contribution in [2.24, 2.45) is 5.10 Å². The van der Waals surface area contributed by atoms with E-state index < -0.39 is 15.7 Å². The van der Waals surface area contributed by atoms with Gasteiger partial charge in [-0.1, -0.05) is 19.6 Å². The van der Waals surface area contributed by atoms with Gasteiger partial charge < -0.3 is 4.57 Å². The first-order chi connectivity index (χ1) is 13.8. The van der Waals surface area contributed by atoms with Crippen LogP contribution in [-0.4, -0.2) is 23.9 Å². The molecule has 0 atom stereocenters. The van der Waals surface area contributed by atoms with Crippen molar-refractivity contribution in [2.45, 2.75) is 43.7 Å². The lowest BCUT2D eigenvalue weighted by Gasteiger charge is -2.09. The maximum Gasteiger partial charge on any atom is 0.250 e. The molecule has 3 rings (SSSR count). The number of hydrogen-bond acceptors (Lipinski definition) is 5. The highest BCUT2D eigenvalue weighted by atomic mass is 32.2. The zero-order valence-corrected chi connectivity index (χ0v) is 17.1. The molecule has 1 fully saturated rings. The summed E-state index contributed by atoms with van der Waals surface area (Å²) in [6.45, 7) is 6.24. The minimum atomic E-state index is -3.21. The third-order valence-corrected chi connectivity index (χ3v) is 6.88. The second kappa shape index (κ2) is 8.73. The molecule has 2 aromatic rings. The minimum Gasteiger partial charge on any atom is -0.313 e. The largest absolute Gasteiger partial charge is 0.313 e. The average Bonchev–Trinajstić information content (AvgIpc) is 3.52. The molecule has 0 amide bonds. The molecule has 0 saturated heterocycles. The second-order valence-corrected chi connectivity index (χ2v) is 9.36. The number of aryl methyl sites for hydroxylation is 1. The fourth-order valence-electron chi connectivity index (χ4n) is 2.99. The smallest absolute Gasteiger partial charge is 0.250 e. The first-order valence-electron chi connectivity index (χ1n) is 9.51. The summed E-state index contributed by atoms with van der Waals surface area (Å²) in [6.07, 6.45) is 5.26. The van der Waals surface area contributed by atoms with Crippen LogP contribution in [0, 0.1) is 5.82 Å². The van der Waals surface area contributed by atoms with Crippen molar-refractivity contribution in [3.05, 3.63) is 76.5 Å². The molecule has 1 N–H and O–H groups in total. The Hall–Kier alpha value is -2.74. The van der Waals surface area contributed by atoms with E-state index in [-0.39, 0.29) is 27.8 Å². The molecule has 1 heterocycles. The highest BCUT2D eigenvalue weighted by Crippen LogP contribution is 2.31. The number of nitrogens with zero attached hydrogens (tertiary/aromatic N) is 2. The number of rotatable bonds is 9. The quantitative estimate of drug-likeness (QED) is 0.500. The summed E-state index contributed by atoms with van der Waals surface area (Å²) in [5.74, 6) is -0.725. The first kappa shape index (κ1) is 21.0. The third kappa shape index (κ3) is 5.20. The molecular weight excluding hydrogens is 393 g/mol. The van der Waals surface area contributed by atoms with Gasteiger partial charge in [0.15, 0.2) is 9.84 Å². The van der Waals surface area contributed by atoms with Crippen LogP contribution in [0.4, 0.5) is 10.1 Å². The molecule has 8 heteroatoms. The Bertz CT molecular complexity index is 1100. The molecule has 1 aliphatic carbocycles. The molecule has 1 aromatic carbocycles. The van der Waals surface area contributed by atoms with Gasteiger partial charge >= 0.3 is 0 Å². The number of hydrazone groups is 1. The maximum absolute atomic E-state index is 14.6. The fraction of sp³-hybridized carbons (Fsp3) is 0.333. The normalized spacial score (nSPS) is 14.6. The number of halogens is 1. The van der Waals surface area contributed by atoms with Crippen molar-refractivity contribution in [1.82, 2.24) is 4.57 Å². The van der Waals surface area contributed by atoms with Crippen LogP contribution in [0.3, 0.4) is 0 Å².